The van der Waals surface area contributed by atoms with Crippen molar-refractivity contribution >= 4 is 33.8 Å². The van der Waals surface area contributed by atoms with E-state index in [1.54, 1.807) is 12.3 Å². The molecule has 0 atom stereocenters. The standard InChI is InChI=1S/C12H10N4O4S/c1-7(15-18)10-6-21-12(13-10)14-11(17)8-3-2-4-9(5-8)16(19)20/h2-6,18H,1H3,(H,13,14,17). The Balaban J connectivity index is 2.16. The maximum atomic E-state index is 12.0. The molecule has 0 unspecified atom stereocenters. The lowest BCUT2D eigenvalue weighted by Crippen LogP contribution is -2.12. The highest BCUT2D eigenvalue weighted by atomic mass is 32.1. The number of nitrogens with one attached hydrogen (secondary N) is 1. The predicted octanol–water partition coefficient (Wildman–Crippen LogP) is 2.50. The number of thiazole rings is 1. The van der Waals surface area contributed by atoms with Crippen LogP contribution in [-0.2, 0) is 0 Å². The summed E-state index contributed by atoms with van der Waals surface area (Å²) in [7, 11) is 0. The molecule has 0 spiro atoms. The van der Waals surface area contributed by atoms with Gasteiger partial charge in [-0.05, 0) is 13.0 Å². The number of anilines is 1. The molecular weight excluding hydrogens is 296 g/mol. The number of nitrogens with zero attached hydrogens (tertiary/aromatic N) is 3. The zero-order valence-corrected chi connectivity index (χ0v) is 11.6. The first kappa shape index (κ1) is 14.6. The molecule has 1 amide bonds. The number of aromatic nitrogens is 1. The smallest absolute Gasteiger partial charge is 0.270 e. The van der Waals surface area contributed by atoms with Crippen LogP contribution >= 0.6 is 11.3 Å². The maximum Gasteiger partial charge on any atom is 0.270 e. The van der Waals surface area contributed by atoms with Crippen LogP contribution < -0.4 is 5.32 Å². The lowest BCUT2D eigenvalue weighted by molar-refractivity contribution is -0.384. The molecule has 2 rings (SSSR count). The molecule has 9 heteroatoms. The highest BCUT2D eigenvalue weighted by Gasteiger charge is 2.13. The molecule has 8 nitrogen and oxygen atoms in total. The van der Waals surface area contributed by atoms with E-state index in [4.69, 9.17) is 5.21 Å². The molecule has 0 radical (unpaired) electrons. The molecule has 0 aliphatic rings. The number of carbonyl (C=O) groups is 1. The Morgan fingerprint density at radius 1 is 1.52 bits per heavy atom. The van der Waals surface area contributed by atoms with Crippen molar-refractivity contribution in [2.75, 3.05) is 5.32 Å². The fourth-order valence-electron chi connectivity index (χ4n) is 1.48. The summed E-state index contributed by atoms with van der Waals surface area (Å²) in [5.41, 5.74) is 0.762. The molecule has 1 heterocycles. The average molecular weight is 306 g/mol. The summed E-state index contributed by atoms with van der Waals surface area (Å²) in [5.74, 6) is -0.502. The van der Waals surface area contributed by atoms with Gasteiger partial charge >= 0.3 is 0 Å². The van der Waals surface area contributed by atoms with Crippen LogP contribution in [-0.4, -0.2) is 26.7 Å². The van der Waals surface area contributed by atoms with Crippen molar-refractivity contribution in [3.63, 3.8) is 0 Å². The number of benzene rings is 1. The van der Waals surface area contributed by atoms with Crippen LogP contribution in [0.15, 0.2) is 34.8 Å². The average Bonchev–Trinajstić information content (AvgIpc) is 2.95. The fourth-order valence-corrected chi connectivity index (χ4v) is 2.23. The molecule has 108 valence electrons. The first-order valence-electron chi connectivity index (χ1n) is 5.71. The van der Waals surface area contributed by atoms with Crippen molar-refractivity contribution in [3.05, 3.63) is 51.0 Å². The summed E-state index contributed by atoms with van der Waals surface area (Å²) < 4.78 is 0. The minimum atomic E-state index is -0.570. The number of non-ortho nitro benzene ring substituents is 1. The third kappa shape index (κ3) is 3.39. The monoisotopic (exact) mass is 306 g/mol. The zero-order chi connectivity index (χ0) is 15.4. The Morgan fingerprint density at radius 2 is 2.29 bits per heavy atom. The highest BCUT2D eigenvalue weighted by Crippen LogP contribution is 2.18. The second kappa shape index (κ2) is 6.09. The molecule has 2 aromatic rings. The Hall–Kier alpha value is -2.81. The van der Waals surface area contributed by atoms with Crippen molar-refractivity contribution in [3.8, 4) is 0 Å². The Bertz CT molecular complexity index is 726. The first-order valence-corrected chi connectivity index (χ1v) is 6.59. The van der Waals surface area contributed by atoms with E-state index in [1.807, 2.05) is 0 Å². The van der Waals surface area contributed by atoms with Crippen molar-refractivity contribution < 1.29 is 14.9 Å². The largest absolute Gasteiger partial charge is 0.411 e. The number of carbonyl (C=O) groups excluding carboxylic acids is 1. The third-order valence-electron chi connectivity index (χ3n) is 2.56. The first-order chi connectivity index (χ1) is 10.0. The molecule has 0 aliphatic heterocycles. The van der Waals surface area contributed by atoms with Crippen LogP contribution in [0.1, 0.15) is 23.0 Å². The van der Waals surface area contributed by atoms with E-state index in [-0.39, 0.29) is 11.3 Å². The van der Waals surface area contributed by atoms with Gasteiger partial charge in [-0.2, -0.15) is 0 Å². The summed E-state index contributed by atoms with van der Waals surface area (Å²) in [6.45, 7) is 1.57. The Kier molecular flexibility index (Phi) is 4.24. The predicted molar refractivity (Wildman–Crippen MR) is 77.2 cm³/mol. The van der Waals surface area contributed by atoms with Gasteiger partial charge in [-0.25, -0.2) is 4.98 Å². The second-order valence-electron chi connectivity index (χ2n) is 3.98. The van der Waals surface area contributed by atoms with E-state index in [0.717, 1.165) is 11.3 Å². The van der Waals surface area contributed by atoms with Gasteiger partial charge in [0.1, 0.15) is 11.4 Å². The molecule has 21 heavy (non-hydrogen) atoms. The van der Waals surface area contributed by atoms with Gasteiger partial charge in [0, 0.05) is 23.1 Å². The van der Waals surface area contributed by atoms with Gasteiger partial charge in [-0.1, -0.05) is 11.2 Å². The van der Waals surface area contributed by atoms with E-state index >= 15 is 0 Å². The second-order valence-corrected chi connectivity index (χ2v) is 4.84. The summed E-state index contributed by atoms with van der Waals surface area (Å²) in [6, 6.07) is 5.39. The van der Waals surface area contributed by atoms with Gasteiger partial charge in [-0.3, -0.25) is 20.2 Å². The number of amides is 1. The minimum absolute atomic E-state index is 0.161. The molecule has 0 aliphatic carbocycles. The molecule has 0 fully saturated rings. The number of oxime groups is 1. The van der Waals surface area contributed by atoms with Gasteiger partial charge < -0.3 is 5.21 Å². The minimum Gasteiger partial charge on any atom is -0.411 e. The summed E-state index contributed by atoms with van der Waals surface area (Å²) in [5, 5.41) is 26.8. The topological polar surface area (TPSA) is 118 Å². The quantitative estimate of drug-likeness (QED) is 0.389. The van der Waals surface area contributed by atoms with Crippen LogP contribution in [0, 0.1) is 10.1 Å². The van der Waals surface area contributed by atoms with Crippen molar-refractivity contribution in [2.24, 2.45) is 5.16 Å². The number of hydrogen-bond acceptors (Lipinski definition) is 7. The van der Waals surface area contributed by atoms with Gasteiger partial charge in [0.15, 0.2) is 5.13 Å². The molecule has 0 saturated carbocycles. The molecule has 1 aromatic carbocycles. The lowest BCUT2D eigenvalue weighted by Gasteiger charge is -2.01. The van der Waals surface area contributed by atoms with Crippen molar-refractivity contribution in [2.45, 2.75) is 6.92 Å². The van der Waals surface area contributed by atoms with E-state index in [1.165, 1.54) is 24.3 Å². The van der Waals surface area contributed by atoms with Gasteiger partial charge in [0.25, 0.3) is 11.6 Å². The van der Waals surface area contributed by atoms with Crippen LogP contribution in [0.4, 0.5) is 10.8 Å². The van der Waals surface area contributed by atoms with Gasteiger partial charge in [0.05, 0.1) is 4.92 Å². The summed E-state index contributed by atoms with van der Waals surface area (Å²) in [6.07, 6.45) is 0. The van der Waals surface area contributed by atoms with E-state index in [0.29, 0.717) is 16.5 Å². The molecule has 1 aromatic heterocycles. The maximum absolute atomic E-state index is 12.0. The number of rotatable bonds is 4. The van der Waals surface area contributed by atoms with Crippen LogP contribution in [0.3, 0.4) is 0 Å². The lowest BCUT2D eigenvalue weighted by atomic mass is 10.2. The van der Waals surface area contributed by atoms with E-state index in [2.05, 4.69) is 15.5 Å². The zero-order valence-electron chi connectivity index (χ0n) is 10.8. The van der Waals surface area contributed by atoms with E-state index in [9.17, 15) is 14.9 Å². The fraction of sp³-hybridized carbons (Fsp3) is 0.0833. The number of nitro benzene ring substituents is 1. The van der Waals surface area contributed by atoms with E-state index < -0.39 is 10.8 Å². The molecule has 0 saturated heterocycles. The SMILES string of the molecule is CC(=NO)c1csc(NC(=O)c2cccc([N+](=O)[O-])c2)n1. The van der Waals surface area contributed by atoms with Crippen molar-refractivity contribution in [1.29, 1.82) is 0 Å². The molecule has 0 bridgehead atoms. The number of hydrogen-bond donors (Lipinski definition) is 2. The number of nitro groups is 1. The summed E-state index contributed by atoms with van der Waals surface area (Å²) in [4.78, 5) is 26.2. The van der Waals surface area contributed by atoms with Crippen LogP contribution in [0.25, 0.3) is 0 Å². The van der Waals surface area contributed by atoms with Crippen LogP contribution in [0.5, 0.6) is 0 Å². The van der Waals surface area contributed by atoms with Gasteiger partial charge in [-0.15, -0.1) is 11.3 Å². The highest BCUT2D eigenvalue weighted by molar-refractivity contribution is 7.14. The Labute approximate surface area is 122 Å². The Morgan fingerprint density at radius 3 is 2.95 bits per heavy atom. The molecular formula is C12H10N4O4S. The molecule has 2 N–H and O–H groups in total. The van der Waals surface area contributed by atoms with Gasteiger partial charge in [0.2, 0.25) is 0 Å². The van der Waals surface area contributed by atoms with Crippen molar-refractivity contribution in [1.82, 2.24) is 4.98 Å². The third-order valence-corrected chi connectivity index (χ3v) is 3.32. The summed E-state index contributed by atoms with van der Waals surface area (Å²) >= 11 is 1.16. The van der Waals surface area contributed by atoms with Crippen LogP contribution in [0.2, 0.25) is 0 Å². The normalized spacial score (nSPS) is 11.2.